The first-order valence-electron chi connectivity index (χ1n) is 6.28. The average Bonchev–Trinajstić information content (AvgIpc) is 2.41. The van der Waals surface area contributed by atoms with E-state index in [1.165, 1.54) is 7.11 Å². The first-order chi connectivity index (χ1) is 9.26. The van der Waals surface area contributed by atoms with Crippen molar-refractivity contribution in [2.24, 2.45) is 5.92 Å². The van der Waals surface area contributed by atoms with Crippen LogP contribution in [-0.2, 0) is 19.0 Å². The third-order valence-corrected chi connectivity index (χ3v) is 3.51. The minimum Gasteiger partial charge on any atom is -0.465 e. The summed E-state index contributed by atoms with van der Waals surface area (Å²) in [6, 6.07) is 0. The fraction of sp³-hybridized carbons (Fsp3) is 0.917. The molecule has 8 heteroatoms. The van der Waals surface area contributed by atoms with E-state index in [9.17, 15) is 25.2 Å². The molecule has 1 heterocycles. The Morgan fingerprint density at radius 3 is 2.55 bits per heavy atom. The van der Waals surface area contributed by atoms with Crippen molar-refractivity contribution in [3.05, 3.63) is 0 Å². The molecule has 118 valence electrons. The zero-order chi connectivity index (χ0) is 15.5. The average molecular weight is 294 g/mol. The molecule has 8 nitrogen and oxygen atoms in total. The SMILES string of the molecule is COC[C@@H](O)[C@@H](O)[C@@H]1O[C@@](O)(C(=O)OC)C[C@H](O)[C@H]1C. The summed E-state index contributed by atoms with van der Waals surface area (Å²) in [6.07, 6.45) is -5.32. The molecule has 20 heavy (non-hydrogen) atoms. The number of hydrogen-bond acceptors (Lipinski definition) is 8. The molecule has 0 unspecified atom stereocenters. The summed E-state index contributed by atoms with van der Waals surface area (Å²) in [5.74, 6) is -4.01. The van der Waals surface area contributed by atoms with Gasteiger partial charge in [-0.25, -0.2) is 4.79 Å². The summed E-state index contributed by atoms with van der Waals surface area (Å²) in [6.45, 7) is 1.43. The topological polar surface area (TPSA) is 126 Å². The predicted octanol–water partition coefficient (Wildman–Crippen LogP) is -2.00. The van der Waals surface area contributed by atoms with Gasteiger partial charge in [0, 0.05) is 19.4 Å². The highest BCUT2D eigenvalue weighted by molar-refractivity contribution is 5.77. The van der Waals surface area contributed by atoms with Crippen molar-refractivity contribution in [3.8, 4) is 0 Å². The number of aliphatic hydroxyl groups excluding tert-OH is 3. The molecule has 0 saturated carbocycles. The first kappa shape index (κ1) is 17.3. The molecule has 0 aromatic carbocycles. The Labute approximate surface area is 116 Å². The van der Waals surface area contributed by atoms with Crippen LogP contribution in [0.2, 0.25) is 0 Å². The zero-order valence-electron chi connectivity index (χ0n) is 11.7. The number of methoxy groups -OCH3 is 2. The highest BCUT2D eigenvalue weighted by Gasteiger charge is 2.52. The van der Waals surface area contributed by atoms with Crippen molar-refractivity contribution in [1.29, 1.82) is 0 Å². The van der Waals surface area contributed by atoms with Crippen LogP contribution in [0.4, 0.5) is 0 Å². The van der Waals surface area contributed by atoms with E-state index in [1.54, 1.807) is 6.92 Å². The second kappa shape index (κ2) is 6.79. The molecule has 0 radical (unpaired) electrons. The van der Waals surface area contributed by atoms with Crippen molar-refractivity contribution in [1.82, 2.24) is 0 Å². The largest absolute Gasteiger partial charge is 0.465 e. The lowest BCUT2D eigenvalue weighted by atomic mass is 9.85. The number of esters is 1. The van der Waals surface area contributed by atoms with Gasteiger partial charge in [0.05, 0.1) is 25.9 Å². The van der Waals surface area contributed by atoms with Gasteiger partial charge in [0.1, 0.15) is 12.2 Å². The number of carbonyl (C=O) groups excluding carboxylic acids is 1. The number of ether oxygens (including phenoxy) is 3. The summed E-state index contributed by atoms with van der Waals surface area (Å²) in [7, 11) is 2.42. The predicted molar refractivity (Wildman–Crippen MR) is 65.5 cm³/mol. The maximum absolute atomic E-state index is 11.5. The molecule has 0 amide bonds. The van der Waals surface area contributed by atoms with Gasteiger partial charge in [-0.15, -0.1) is 0 Å². The molecular weight excluding hydrogens is 272 g/mol. The lowest BCUT2D eigenvalue weighted by Gasteiger charge is -2.43. The zero-order valence-corrected chi connectivity index (χ0v) is 11.7. The fourth-order valence-corrected chi connectivity index (χ4v) is 2.23. The lowest BCUT2D eigenvalue weighted by Crippen LogP contribution is -2.60. The van der Waals surface area contributed by atoms with Gasteiger partial charge in [-0.2, -0.15) is 0 Å². The van der Waals surface area contributed by atoms with Crippen LogP contribution < -0.4 is 0 Å². The third kappa shape index (κ3) is 3.46. The smallest absolute Gasteiger partial charge is 0.366 e. The minimum absolute atomic E-state index is 0.152. The molecule has 1 saturated heterocycles. The van der Waals surface area contributed by atoms with E-state index in [1.807, 2.05) is 0 Å². The molecule has 0 aromatic rings. The maximum atomic E-state index is 11.5. The summed E-state index contributed by atoms with van der Waals surface area (Å²) < 4.78 is 14.3. The van der Waals surface area contributed by atoms with Gasteiger partial charge < -0.3 is 34.6 Å². The number of carbonyl (C=O) groups is 1. The van der Waals surface area contributed by atoms with E-state index in [2.05, 4.69) is 4.74 Å². The standard InChI is InChI=1S/C12H22O8/c1-6-7(13)4-12(17,11(16)19-3)20-10(6)9(15)8(14)5-18-2/h6-10,13-15,17H,4-5H2,1-3H3/t6-,7+,8-,9-,10-,12-/m1/s1. The van der Waals surface area contributed by atoms with E-state index >= 15 is 0 Å². The van der Waals surface area contributed by atoms with Crippen LogP contribution in [0.3, 0.4) is 0 Å². The van der Waals surface area contributed by atoms with Crippen LogP contribution >= 0.6 is 0 Å². The lowest BCUT2D eigenvalue weighted by molar-refractivity contribution is -0.303. The van der Waals surface area contributed by atoms with Crippen molar-refractivity contribution in [3.63, 3.8) is 0 Å². The molecule has 0 spiro atoms. The molecule has 0 bridgehead atoms. The van der Waals surface area contributed by atoms with Crippen molar-refractivity contribution < 1.29 is 39.4 Å². The van der Waals surface area contributed by atoms with Gasteiger partial charge in [-0.3, -0.25) is 0 Å². The van der Waals surface area contributed by atoms with E-state index in [4.69, 9.17) is 9.47 Å². The van der Waals surface area contributed by atoms with E-state index in [-0.39, 0.29) is 13.0 Å². The number of aliphatic hydroxyl groups is 4. The summed E-state index contributed by atoms with van der Waals surface area (Å²) in [5, 5.41) is 39.7. The Morgan fingerprint density at radius 2 is 2.05 bits per heavy atom. The summed E-state index contributed by atoms with van der Waals surface area (Å²) in [5.41, 5.74) is 0. The van der Waals surface area contributed by atoms with Crippen LogP contribution in [0.15, 0.2) is 0 Å². The summed E-state index contributed by atoms with van der Waals surface area (Å²) >= 11 is 0. The van der Waals surface area contributed by atoms with Crippen molar-refractivity contribution >= 4 is 5.97 Å². The molecule has 1 aliphatic heterocycles. The van der Waals surface area contributed by atoms with E-state index < -0.39 is 42.1 Å². The van der Waals surface area contributed by atoms with Crippen LogP contribution in [0.5, 0.6) is 0 Å². The van der Waals surface area contributed by atoms with Gasteiger partial charge in [-0.1, -0.05) is 6.92 Å². The quantitative estimate of drug-likeness (QED) is 0.429. The van der Waals surface area contributed by atoms with E-state index in [0.717, 1.165) is 7.11 Å². The molecule has 6 atom stereocenters. The Hall–Kier alpha value is -0.770. The van der Waals surface area contributed by atoms with Gasteiger partial charge in [0.15, 0.2) is 0 Å². The highest BCUT2D eigenvalue weighted by Crippen LogP contribution is 2.34. The molecule has 1 fully saturated rings. The normalized spacial score (nSPS) is 37.2. The van der Waals surface area contributed by atoms with Crippen molar-refractivity contribution in [2.45, 2.75) is 43.5 Å². The Bertz CT molecular complexity index is 335. The monoisotopic (exact) mass is 294 g/mol. The second-order valence-electron chi connectivity index (χ2n) is 5.00. The van der Waals surface area contributed by atoms with Crippen LogP contribution in [0.25, 0.3) is 0 Å². The number of rotatable bonds is 5. The van der Waals surface area contributed by atoms with Gasteiger partial charge in [0.2, 0.25) is 0 Å². The van der Waals surface area contributed by atoms with Crippen molar-refractivity contribution in [2.75, 3.05) is 20.8 Å². The fourth-order valence-electron chi connectivity index (χ4n) is 2.23. The molecule has 0 aliphatic carbocycles. The highest BCUT2D eigenvalue weighted by atomic mass is 16.7. The van der Waals surface area contributed by atoms with Crippen LogP contribution in [0.1, 0.15) is 13.3 Å². The maximum Gasteiger partial charge on any atom is 0.366 e. The Balaban J connectivity index is 2.90. The minimum atomic E-state index is -2.35. The molecule has 1 rings (SSSR count). The second-order valence-corrected chi connectivity index (χ2v) is 5.00. The Morgan fingerprint density at radius 1 is 1.45 bits per heavy atom. The van der Waals surface area contributed by atoms with Crippen LogP contribution in [0, 0.1) is 5.92 Å². The number of hydrogen-bond donors (Lipinski definition) is 4. The van der Waals surface area contributed by atoms with Gasteiger partial charge in [-0.05, 0) is 0 Å². The third-order valence-electron chi connectivity index (χ3n) is 3.51. The molecule has 1 aliphatic rings. The van der Waals surface area contributed by atoms with Gasteiger partial charge in [0.25, 0.3) is 5.79 Å². The molecule has 0 aromatic heterocycles. The van der Waals surface area contributed by atoms with E-state index in [0.29, 0.717) is 0 Å². The molecular formula is C12H22O8. The van der Waals surface area contributed by atoms with Gasteiger partial charge >= 0.3 is 5.97 Å². The van der Waals surface area contributed by atoms with Crippen LogP contribution in [-0.4, -0.2) is 77.4 Å². The Kier molecular flexibility index (Phi) is 5.87. The first-order valence-corrected chi connectivity index (χ1v) is 6.28. The summed E-state index contributed by atoms with van der Waals surface area (Å²) in [4.78, 5) is 11.5. The molecule has 4 N–H and O–H groups in total.